The second kappa shape index (κ2) is 15.3. The predicted molar refractivity (Wildman–Crippen MR) is 165 cm³/mol. The molecule has 0 bridgehead atoms. The normalized spacial score (nSPS) is 14.6. The smallest absolute Gasteiger partial charge is 0.224 e. The molecule has 0 saturated carbocycles. The molecular weight excluding hydrogens is 520 g/mol. The molecule has 1 saturated heterocycles. The number of thiophene rings is 1. The number of fused-ring (bicyclic) bond motifs is 2. The summed E-state index contributed by atoms with van der Waals surface area (Å²) in [6, 6.07) is 22.8. The highest BCUT2D eigenvalue weighted by Gasteiger charge is 2.31. The van der Waals surface area contributed by atoms with Crippen LogP contribution in [0.3, 0.4) is 0 Å². The molecule has 0 spiro atoms. The van der Waals surface area contributed by atoms with Gasteiger partial charge in [0.25, 0.3) is 0 Å². The molecule has 2 amide bonds. The molecule has 4 aromatic rings. The largest absolute Gasteiger partial charge is 0.341 e. The van der Waals surface area contributed by atoms with Crippen LogP contribution in [0.15, 0.2) is 72.1 Å². The number of piperidine rings is 1. The Kier molecular flexibility index (Phi) is 11.8. The summed E-state index contributed by atoms with van der Waals surface area (Å²) in [6.45, 7) is 7.52. The van der Waals surface area contributed by atoms with Crippen LogP contribution in [0.2, 0.25) is 0 Å². The lowest BCUT2D eigenvalue weighted by Crippen LogP contribution is -2.53. The van der Waals surface area contributed by atoms with Crippen molar-refractivity contribution in [1.82, 2.24) is 16.0 Å². The van der Waals surface area contributed by atoms with Crippen LogP contribution in [0, 0.1) is 12.8 Å². The number of benzene rings is 3. The molecule has 3 aromatic carbocycles. The highest BCUT2D eigenvalue weighted by atomic mass is 32.1. The maximum absolute atomic E-state index is 11.9. The Balaban J connectivity index is 0.000000184. The predicted octanol–water partition coefficient (Wildman–Crippen LogP) is 4.70. The molecule has 8 heteroatoms. The topological polar surface area (TPSA) is 113 Å². The van der Waals surface area contributed by atoms with Gasteiger partial charge in [0.15, 0.2) is 0 Å². The molecule has 0 unspecified atom stereocenters. The Labute approximate surface area is 240 Å². The lowest BCUT2D eigenvalue weighted by molar-refractivity contribution is -0.124. The molecule has 40 heavy (non-hydrogen) atoms. The van der Waals surface area contributed by atoms with E-state index in [4.69, 9.17) is 5.73 Å². The Morgan fingerprint density at radius 1 is 1.02 bits per heavy atom. The van der Waals surface area contributed by atoms with Gasteiger partial charge in [-0.3, -0.25) is 14.4 Å². The molecule has 212 valence electrons. The number of carbonyl (C=O) groups excluding carboxylic acids is 3. The first-order chi connectivity index (χ1) is 19.2. The zero-order valence-electron chi connectivity index (χ0n) is 23.5. The van der Waals surface area contributed by atoms with Gasteiger partial charge >= 0.3 is 0 Å². The Morgan fingerprint density at radius 3 is 2.33 bits per heavy atom. The van der Waals surface area contributed by atoms with Gasteiger partial charge < -0.3 is 21.7 Å². The van der Waals surface area contributed by atoms with Gasteiger partial charge in [-0.1, -0.05) is 67.6 Å². The number of nitrogens with two attached hydrogens (primary N) is 1. The highest BCUT2D eigenvalue weighted by Crippen LogP contribution is 2.24. The summed E-state index contributed by atoms with van der Waals surface area (Å²) in [7, 11) is 0. The first kappa shape index (κ1) is 30.9. The monoisotopic (exact) mass is 560 g/mol. The minimum atomic E-state index is -0.523. The summed E-state index contributed by atoms with van der Waals surface area (Å²) >= 11 is 1.81. The van der Waals surface area contributed by atoms with Gasteiger partial charge in [0.05, 0.1) is 12.2 Å². The van der Waals surface area contributed by atoms with Crippen molar-refractivity contribution in [2.24, 2.45) is 11.7 Å². The van der Waals surface area contributed by atoms with Crippen LogP contribution < -0.4 is 21.7 Å². The van der Waals surface area contributed by atoms with Crippen LogP contribution in [0.25, 0.3) is 20.9 Å². The van der Waals surface area contributed by atoms with Gasteiger partial charge in [0, 0.05) is 10.6 Å². The average Bonchev–Trinajstić information content (AvgIpc) is 3.35. The Bertz CT molecular complexity index is 1410. The zero-order chi connectivity index (χ0) is 29.0. The van der Waals surface area contributed by atoms with E-state index in [1.807, 2.05) is 36.5 Å². The quantitative estimate of drug-likeness (QED) is 0.149. The molecule has 1 aliphatic heterocycles. The number of carbonyl (C=O) groups is 3. The molecule has 5 rings (SSSR count). The molecular formula is C32H40N4O3S. The van der Waals surface area contributed by atoms with Crippen LogP contribution >= 0.6 is 11.3 Å². The fourth-order valence-electron chi connectivity index (χ4n) is 4.58. The molecule has 0 radical (unpaired) electrons. The summed E-state index contributed by atoms with van der Waals surface area (Å²) in [5.74, 6) is -0.0875. The van der Waals surface area contributed by atoms with E-state index >= 15 is 0 Å². The molecule has 1 atom stereocenters. The fraction of sp³-hybridized carbons (Fsp3) is 0.344. The molecule has 1 fully saturated rings. The Hall–Kier alpha value is -3.59. The lowest BCUT2D eigenvalue weighted by atomic mass is 9.86. The van der Waals surface area contributed by atoms with Crippen molar-refractivity contribution < 1.29 is 14.4 Å². The van der Waals surface area contributed by atoms with Crippen LogP contribution in [0.1, 0.15) is 37.8 Å². The maximum Gasteiger partial charge on any atom is 0.224 e. The van der Waals surface area contributed by atoms with E-state index in [1.165, 1.54) is 26.4 Å². The lowest BCUT2D eigenvalue weighted by Gasteiger charge is -2.30. The number of aryl methyl sites for hydroxylation is 1. The van der Waals surface area contributed by atoms with Crippen molar-refractivity contribution in [3.8, 4) is 0 Å². The van der Waals surface area contributed by atoms with Crippen molar-refractivity contribution in [2.45, 2.75) is 45.6 Å². The molecule has 5 N–H and O–H groups in total. The number of ketones is 1. The number of Topliss-reactive ketones (excluding diaryl/α,β-unsaturated/α-hetero) is 1. The summed E-state index contributed by atoms with van der Waals surface area (Å²) in [4.78, 5) is 33.0. The minimum absolute atomic E-state index is 0.0627. The number of amides is 2. The van der Waals surface area contributed by atoms with E-state index in [1.54, 1.807) is 6.92 Å². The van der Waals surface area contributed by atoms with Crippen LogP contribution in [0.4, 0.5) is 0 Å². The molecule has 7 nitrogen and oxygen atoms in total. The van der Waals surface area contributed by atoms with Crippen molar-refractivity contribution in [2.75, 3.05) is 19.8 Å². The van der Waals surface area contributed by atoms with Crippen LogP contribution in [0.5, 0.6) is 0 Å². The van der Waals surface area contributed by atoms with E-state index in [-0.39, 0.29) is 24.3 Å². The van der Waals surface area contributed by atoms with E-state index in [0.717, 1.165) is 31.5 Å². The maximum atomic E-state index is 11.9. The molecule has 2 heterocycles. The highest BCUT2D eigenvalue weighted by molar-refractivity contribution is 7.17. The SMILES string of the molecule is CC(=O)C1(N)CCNCC1.C[C@H](Cc1cccc2ccccc12)C(=O)NCNC=O.Cc1csc2ccccc12. The number of rotatable bonds is 7. The first-order valence-corrected chi connectivity index (χ1v) is 14.5. The molecule has 1 aromatic heterocycles. The van der Waals surface area contributed by atoms with Crippen molar-refractivity contribution in [3.05, 3.63) is 83.2 Å². The summed E-state index contributed by atoms with van der Waals surface area (Å²) in [6.07, 6.45) is 2.80. The van der Waals surface area contributed by atoms with Gasteiger partial charge in [-0.15, -0.1) is 11.3 Å². The number of nitrogens with one attached hydrogen (secondary N) is 3. The van der Waals surface area contributed by atoms with Gasteiger partial charge in [0.2, 0.25) is 12.3 Å². The third-order valence-electron chi connectivity index (χ3n) is 7.17. The van der Waals surface area contributed by atoms with E-state index < -0.39 is 5.54 Å². The molecule has 1 aliphatic rings. The summed E-state index contributed by atoms with van der Waals surface area (Å²) in [5.41, 5.74) is 7.84. The zero-order valence-corrected chi connectivity index (χ0v) is 24.4. The molecule has 0 aliphatic carbocycles. The second-order valence-corrected chi connectivity index (χ2v) is 11.1. The van der Waals surface area contributed by atoms with Crippen molar-refractivity contribution in [1.29, 1.82) is 0 Å². The average molecular weight is 561 g/mol. The van der Waals surface area contributed by atoms with E-state index in [0.29, 0.717) is 12.8 Å². The van der Waals surface area contributed by atoms with Gasteiger partial charge in [-0.05, 0) is 84.9 Å². The van der Waals surface area contributed by atoms with Crippen LogP contribution in [-0.2, 0) is 20.8 Å². The number of hydrogen-bond donors (Lipinski definition) is 4. The minimum Gasteiger partial charge on any atom is -0.341 e. The first-order valence-electron chi connectivity index (χ1n) is 13.6. The van der Waals surface area contributed by atoms with Gasteiger partial charge in [0.1, 0.15) is 5.78 Å². The second-order valence-electron chi connectivity index (χ2n) is 10.2. The summed E-state index contributed by atoms with van der Waals surface area (Å²) < 4.78 is 1.39. The van der Waals surface area contributed by atoms with E-state index in [9.17, 15) is 14.4 Å². The van der Waals surface area contributed by atoms with Crippen molar-refractivity contribution in [3.63, 3.8) is 0 Å². The third kappa shape index (κ3) is 8.71. The van der Waals surface area contributed by atoms with Crippen molar-refractivity contribution >= 4 is 50.3 Å². The van der Waals surface area contributed by atoms with Gasteiger partial charge in [-0.2, -0.15) is 0 Å². The number of hydrogen-bond acceptors (Lipinski definition) is 6. The van der Waals surface area contributed by atoms with Gasteiger partial charge in [-0.25, -0.2) is 0 Å². The summed E-state index contributed by atoms with van der Waals surface area (Å²) in [5, 5.41) is 14.2. The fourth-order valence-corrected chi connectivity index (χ4v) is 5.53. The van der Waals surface area contributed by atoms with E-state index in [2.05, 4.69) is 76.8 Å². The Morgan fingerprint density at radius 2 is 1.68 bits per heavy atom. The standard InChI is InChI=1S/C16H18N2O2.C9H8S.C7H14N2O/c1-12(16(20)18-10-17-11-19)9-14-7-4-6-13-5-2-3-8-15(13)14;1-7-6-10-9-5-3-2-4-8(7)9;1-6(10)7(8)2-4-9-5-3-7/h2-8,11-12H,9-10H2,1H3,(H,17,19)(H,18,20);2-6H,1H3;9H,2-5,8H2,1H3/t12-;;/m1../s1. The van der Waals surface area contributed by atoms with Crippen LogP contribution in [-0.4, -0.2) is 43.4 Å². The third-order valence-corrected chi connectivity index (χ3v) is 8.25.